The molecular formula is C16H23N3O2. The van der Waals surface area contributed by atoms with E-state index in [1.807, 2.05) is 13.0 Å². The van der Waals surface area contributed by atoms with Crippen LogP contribution in [-0.2, 0) is 11.3 Å². The molecule has 1 fully saturated rings. The molecule has 5 heteroatoms. The smallest absolute Gasteiger partial charge is 0.270 e. The lowest BCUT2D eigenvalue weighted by Gasteiger charge is -2.33. The van der Waals surface area contributed by atoms with Crippen LogP contribution in [0.2, 0.25) is 0 Å². The van der Waals surface area contributed by atoms with Crippen LogP contribution in [0, 0.1) is 24.2 Å². The molecule has 0 N–H and O–H groups in total. The summed E-state index contributed by atoms with van der Waals surface area (Å²) >= 11 is 0. The fourth-order valence-electron chi connectivity index (χ4n) is 2.82. The average Bonchev–Trinajstić information content (AvgIpc) is 2.47. The van der Waals surface area contributed by atoms with Crippen LogP contribution < -0.4 is 10.5 Å². The van der Waals surface area contributed by atoms with E-state index in [-0.39, 0.29) is 11.1 Å². The third-order valence-electron chi connectivity index (χ3n) is 4.24. The van der Waals surface area contributed by atoms with E-state index in [0.717, 1.165) is 43.2 Å². The van der Waals surface area contributed by atoms with E-state index < -0.39 is 0 Å². The molecule has 0 spiro atoms. The molecule has 0 atom stereocenters. The molecule has 2 heterocycles. The minimum Gasteiger partial charge on any atom is -0.383 e. The Morgan fingerprint density at radius 1 is 1.43 bits per heavy atom. The number of aromatic nitrogens is 1. The molecular weight excluding hydrogens is 266 g/mol. The minimum atomic E-state index is -0.205. The third-order valence-corrected chi connectivity index (χ3v) is 4.24. The van der Waals surface area contributed by atoms with Gasteiger partial charge in [0.2, 0.25) is 0 Å². The summed E-state index contributed by atoms with van der Waals surface area (Å²) in [6.07, 6.45) is 2.22. The quantitative estimate of drug-likeness (QED) is 0.849. The number of hydrogen-bond donors (Lipinski definition) is 0. The molecule has 21 heavy (non-hydrogen) atoms. The zero-order valence-electron chi connectivity index (χ0n) is 13.1. The summed E-state index contributed by atoms with van der Waals surface area (Å²) in [6.45, 7) is 6.93. The molecule has 0 saturated carbocycles. The van der Waals surface area contributed by atoms with Crippen molar-refractivity contribution in [2.75, 3.05) is 31.7 Å². The minimum absolute atomic E-state index is 0.205. The summed E-state index contributed by atoms with van der Waals surface area (Å²) in [5.74, 6) is 0.718. The molecule has 114 valence electrons. The van der Waals surface area contributed by atoms with Gasteiger partial charge in [0.15, 0.2) is 0 Å². The number of ether oxygens (including phenoxy) is 1. The van der Waals surface area contributed by atoms with Crippen molar-refractivity contribution in [3.05, 3.63) is 27.7 Å². The van der Waals surface area contributed by atoms with Crippen LogP contribution in [0.1, 0.15) is 31.0 Å². The predicted octanol–water partition coefficient (Wildman–Crippen LogP) is 1.91. The molecule has 1 saturated heterocycles. The molecule has 1 aromatic heterocycles. The number of anilines is 1. The molecule has 0 aliphatic carbocycles. The first-order valence-corrected chi connectivity index (χ1v) is 7.47. The Morgan fingerprint density at radius 3 is 2.67 bits per heavy atom. The summed E-state index contributed by atoms with van der Waals surface area (Å²) in [6, 6.07) is 4.06. The normalized spacial score (nSPS) is 16.0. The van der Waals surface area contributed by atoms with Gasteiger partial charge in [-0.05, 0) is 31.7 Å². The van der Waals surface area contributed by atoms with Gasteiger partial charge < -0.3 is 14.2 Å². The SMILES string of the molecule is COCCn1c(C)cc(N2CCC(C)CC2)c(C#N)c1=O. The Hall–Kier alpha value is -1.80. The molecule has 0 amide bonds. The number of piperidine rings is 1. The molecule has 1 aliphatic rings. The van der Waals surface area contributed by atoms with E-state index in [1.165, 1.54) is 0 Å². The predicted molar refractivity (Wildman–Crippen MR) is 82.6 cm³/mol. The largest absolute Gasteiger partial charge is 0.383 e. The zero-order chi connectivity index (χ0) is 15.4. The second-order valence-electron chi connectivity index (χ2n) is 5.78. The zero-order valence-corrected chi connectivity index (χ0v) is 13.1. The van der Waals surface area contributed by atoms with Crippen LogP contribution in [0.3, 0.4) is 0 Å². The van der Waals surface area contributed by atoms with Crippen LogP contribution in [0.15, 0.2) is 10.9 Å². The average molecular weight is 289 g/mol. The first-order chi connectivity index (χ1) is 10.1. The molecule has 0 bridgehead atoms. The Kier molecular flexibility index (Phi) is 5.03. The van der Waals surface area contributed by atoms with Crippen molar-refractivity contribution in [3.8, 4) is 6.07 Å². The standard InChI is InChI=1S/C16H23N3O2/c1-12-4-6-18(7-5-12)15-10-13(2)19(8-9-21-3)16(20)14(15)11-17/h10,12H,4-9H2,1-3H3. The fourth-order valence-corrected chi connectivity index (χ4v) is 2.82. The first kappa shape index (κ1) is 15.6. The lowest BCUT2D eigenvalue weighted by atomic mass is 9.98. The number of methoxy groups -OCH3 is 1. The van der Waals surface area contributed by atoms with Gasteiger partial charge in [0, 0.05) is 32.4 Å². The summed E-state index contributed by atoms with van der Waals surface area (Å²) in [7, 11) is 1.61. The lowest BCUT2D eigenvalue weighted by molar-refractivity contribution is 0.185. The number of nitriles is 1. The van der Waals surface area contributed by atoms with Crippen molar-refractivity contribution in [1.82, 2.24) is 4.57 Å². The van der Waals surface area contributed by atoms with Gasteiger partial charge in [-0.2, -0.15) is 5.26 Å². The molecule has 1 aliphatic heterocycles. The van der Waals surface area contributed by atoms with E-state index in [9.17, 15) is 10.1 Å². The maximum absolute atomic E-state index is 12.5. The van der Waals surface area contributed by atoms with Gasteiger partial charge in [-0.3, -0.25) is 4.79 Å². The van der Waals surface area contributed by atoms with Crippen LogP contribution >= 0.6 is 0 Å². The number of aryl methyl sites for hydroxylation is 1. The number of nitrogens with zero attached hydrogens (tertiary/aromatic N) is 3. The topological polar surface area (TPSA) is 58.3 Å². The van der Waals surface area contributed by atoms with Gasteiger partial charge in [-0.15, -0.1) is 0 Å². The third kappa shape index (κ3) is 3.27. The highest BCUT2D eigenvalue weighted by atomic mass is 16.5. The van der Waals surface area contributed by atoms with E-state index in [4.69, 9.17) is 4.74 Å². The Morgan fingerprint density at radius 2 is 2.10 bits per heavy atom. The van der Waals surface area contributed by atoms with E-state index in [2.05, 4.69) is 17.9 Å². The van der Waals surface area contributed by atoms with Crippen molar-refractivity contribution in [2.45, 2.75) is 33.2 Å². The van der Waals surface area contributed by atoms with Gasteiger partial charge in [-0.1, -0.05) is 6.92 Å². The maximum Gasteiger partial charge on any atom is 0.270 e. The van der Waals surface area contributed by atoms with Crippen LogP contribution in [-0.4, -0.2) is 31.4 Å². The lowest BCUT2D eigenvalue weighted by Crippen LogP contribution is -2.36. The second-order valence-corrected chi connectivity index (χ2v) is 5.78. The molecule has 0 unspecified atom stereocenters. The van der Waals surface area contributed by atoms with Gasteiger partial charge in [0.1, 0.15) is 11.6 Å². The summed E-state index contributed by atoms with van der Waals surface area (Å²) < 4.78 is 6.66. The highest BCUT2D eigenvalue weighted by Gasteiger charge is 2.21. The van der Waals surface area contributed by atoms with Gasteiger partial charge in [0.05, 0.1) is 12.3 Å². The molecule has 2 rings (SSSR count). The van der Waals surface area contributed by atoms with Gasteiger partial charge in [-0.25, -0.2) is 0 Å². The van der Waals surface area contributed by atoms with Crippen molar-refractivity contribution < 1.29 is 4.74 Å². The van der Waals surface area contributed by atoms with Crippen LogP contribution in [0.5, 0.6) is 0 Å². The molecule has 0 radical (unpaired) electrons. The monoisotopic (exact) mass is 289 g/mol. The molecule has 1 aromatic rings. The number of pyridine rings is 1. The number of rotatable bonds is 4. The van der Waals surface area contributed by atoms with Crippen molar-refractivity contribution in [2.24, 2.45) is 5.92 Å². The van der Waals surface area contributed by atoms with E-state index in [0.29, 0.717) is 13.2 Å². The van der Waals surface area contributed by atoms with E-state index in [1.54, 1.807) is 11.7 Å². The maximum atomic E-state index is 12.5. The van der Waals surface area contributed by atoms with E-state index >= 15 is 0 Å². The number of hydrogen-bond acceptors (Lipinski definition) is 4. The van der Waals surface area contributed by atoms with Crippen molar-refractivity contribution >= 4 is 5.69 Å². The Bertz CT molecular complexity index is 593. The van der Waals surface area contributed by atoms with Crippen molar-refractivity contribution in [3.63, 3.8) is 0 Å². The summed E-state index contributed by atoms with van der Waals surface area (Å²) in [4.78, 5) is 14.7. The molecule has 5 nitrogen and oxygen atoms in total. The van der Waals surface area contributed by atoms with Crippen LogP contribution in [0.25, 0.3) is 0 Å². The Balaban J connectivity index is 2.39. The highest BCUT2D eigenvalue weighted by Crippen LogP contribution is 2.25. The second kappa shape index (κ2) is 6.77. The first-order valence-electron chi connectivity index (χ1n) is 7.47. The summed E-state index contributed by atoms with van der Waals surface area (Å²) in [5, 5.41) is 9.40. The highest BCUT2D eigenvalue weighted by molar-refractivity contribution is 5.59. The summed E-state index contributed by atoms with van der Waals surface area (Å²) in [5.41, 5.74) is 1.72. The molecule has 0 aromatic carbocycles. The van der Waals surface area contributed by atoms with Gasteiger partial charge >= 0.3 is 0 Å². The van der Waals surface area contributed by atoms with Crippen LogP contribution in [0.4, 0.5) is 5.69 Å². The fraction of sp³-hybridized carbons (Fsp3) is 0.625. The Labute approximate surface area is 125 Å². The van der Waals surface area contributed by atoms with Gasteiger partial charge in [0.25, 0.3) is 5.56 Å². The van der Waals surface area contributed by atoms with Crippen molar-refractivity contribution in [1.29, 1.82) is 5.26 Å².